The lowest BCUT2D eigenvalue weighted by Gasteiger charge is -2.17. The van der Waals surface area contributed by atoms with Crippen LogP contribution in [-0.2, 0) is 17.9 Å². The van der Waals surface area contributed by atoms with E-state index in [9.17, 15) is 4.79 Å². The summed E-state index contributed by atoms with van der Waals surface area (Å²) in [6.07, 6.45) is 5.93. The summed E-state index contributed by atoms with van der Waals surface area (Å²) < 4.78 is 8.85. The number of hydrogen-bond donors (Lipinski definition) is 0. The molecule has 0 spiro atoms. The van der Waals surface area contributed by atoms with Crippen LogP contribution >= 0.6 is 0 Å². The third-order valence-electron chi connectivity index (χ3n) is 6.04. The average molecular weight is 432 g/mol. The van der Waals surface area contributed by atoms with Gasteiger partial charge in [-0.25, -0.2) is 19.2 Å². The molecule has 0 radical (unpaired) electrons. The molecule has 1 atom stereocenters. The quantitative estimate of drug-likeness (QED) is 0.466. The molecule has 0 bridgehead atoms. The number of benzene rings is 1. The van der Waals surface area contributed by atoms with Crippen LogP contribution in [0.25, 0.3) is 5.65 Å². The highest BCUT2D eigenvalue weighted by molar-refractivity contribution is 5.94. The van der Waals surface area contributed by atoms with Crippen LogP contribution < -0.4 is 0 Å². The van der Waals surface area contributed by atoms with Crippen LogP contribution in [0.15, 0.2) is 49.2 Å². The maximum absolute atomic E-state index is 13.0. The Labute approximate surface area is 185 Å². The fourth-order valence-electron chi connectivity index (χ4n) is 4.36. The number of carbonyl (C=O) groups is 1. The van der Waals surface area contributed by atoms with Gasteiger partial charge in [0.05, 0.1) is 24.5 Å². The van der Waals surface area contributed by atoms with Crippen LogP contribution in [-0.4, -0.2) is 60.4 Å². The minimum absolute atomic E-state index is 0.0604. The van der Waals surface area contributed by atoms with E-state index in [2.05, 4.69) is 15.1 Å². The highest BCUT2D eigenvalue weighted by Crippen LogP contribution is 2.29. The molecule has 5 rings (SSSR count). The maximum atomic E-state index is 13.0. The van der Waals surface area contributed by atoms with E-state index in [1.165, 1.54) is 6.33 Å². The van der Waals surface area contributed by atoms with Gasteiger partial charge in [-0.3, -0.25) is 4.79 Å². The van der Waals surface area contributed by atoms with E-state index in [-0.39, 0.29) is 11.8 Å². The molecule has 0 saturated carbocycles. The molecule has 0 N–H and O–H groups in total. The molecule has 32 heavy (non-hydrogen) atoms. The zero-order chi connectivity index (χ0) is 22.1. The van der Waals surface area contributed by atoms with Crippen molar-refractivity contribution in [2.75, 3.05) is 20.2 Å². The number of hydrogen-bond acceptors (Lipinski definition) is 6. The van der Waals surface area contributed by atoms with Crippen LogP contribution in [0.4, 0.5) is 0 Å². The lowest BCUT2D eigenvalue weighted by molar-refractivity contribution is 0.0790. The molecule has 9 heteroatoms. The van der Waals surface area contributed by atoms with Gasteiger partial charge in [0.25, 0.3) is 5.91 Å². The highest BCUT2D eigenvalue weighted by atomic mass is 16.5. The van der Waals surface area contributed by atoms with Gasteiger partial charge in [-0.05, 0) is 37.1 Å². The van der Waals surface area contributed by atoms with Gasteiger partial charge in [0.1, 0.15) is 12.7 Å². The monoisotopic (exact) mass is 431 g/mol. The lowest BCUT2D eigenvalue weighted by Crippen LogP contribution is -2.28. The molecule has 4 aromatic rings. The fourth-order valence-corrected chi connectivity index (χ4v) is 4.36. The minimum Gasteiger partial charge on any atom is -0.380 e. The smallest absolute Gasteiger partial charge is 0.253 e. The number of aromatic nitrogens is 6. The molecule has 164 valence electrons. The molecule has 1 amide bonds. The van der Waals surface area contributed by atoms with E-state index in [1.54, 1.807) is 18.1 Å². The third-order valence-corrected chi connectivity index (χ3v) is 6.04. The standard InChI is InChI=1S/C23H25N7O2/c1-16-20(12-29-15-24-14-26-29)22-25-9-7-21(30(22)27-16)19-8-10-28(11-19)23(31)18-5-3-17(4-6-18)13-32-2/h3-7,9,14-15,19H,8,10-13H2,1-2H3. The van der Waals surface area contributed by atoms with Gasteiger partial charge in [-0.1, -0.05) is 12.1 Å². The van der Waals surface area contributed by atoms with Gasteiger partial charge in [0, 0.05) is 43.4 Å². The molecule has 0 aliphatic carbocycles. The molecule has 1 aliphatic rings. The highest BCUT2D eigenvalue weighted by Gasteiger charge is 2.30. The summed E-state index contributed by atoms with van der Waals surface area (Å²) in [5.41, 5.74) is 5.61. The number of amides is 1. The van der Waals surface area contributed by atoms with E-state index in [0.29, 0.717) is 25.3 Å². The SMILES string of the molecule is COCc1ccc(C(=O)N2CCC(c3ccnc4c(Cn5cncn5)c(C)nn34)C2)cc1. The van der Waals surface area contributed by atoms with Crippen molar-refractivity contribution in [3.05, 3.63) is 77.3 Å². The Balaban J connectivity index is 1.36. The Bertz CT molecular complexity index is 1230. The van der Waals surface area contributed by atoms with Gasteiger partial charge < -0.3 is 9.64 Å². The average Bonchev–Trinajstić information content (AvgIpc) is 3.55. The van der Waals surface area contributed by atoms with Gasteiger partial charge >= 0.3 is 0 Å². The normalized spacial score (nSPS) is 16.2. The molecule has 1 saturated heterocycles. The van der Waals surface area contributed by atoms with Crippen molar-refractivity contribution in [3.8, 4) is 0 Å². The van der Waals surface area contributed by atoms with Crippen LogP contribution in [0, 0.1) is 6.92 Å². The molecular formula is C23H25N7O2. The Morgan fingerprint density at radius 2 is 2.06 bits per heavy atom. The molecule has 9 nitrogen and oxygen atoms in total. The zero-order valence-electron chi connectivity index (χ0n) is 18.2. The first kappa shape index (κ1) is 20.3. The van der Waals surface area contributed by atoms with Crippen molar-refractivity contribution in [1.29, 1.82) is 0 Å². The number of likely N-dealkylation sites (tertiary alicyclic amines) is 1. The molecule has 1 aromatic carbocycles. The number of nitrogens with zero attached hydrogens (tertiary/aromatic N) is 7. The second-order valence-corrected chi connectivity index (χ2v) is 8.13. The topological polar surface area (TPSA) is 90.4 Å². The number of carbonyl (C=O) groups excluding carboxylic acids is 1. The molecule has 1 aliphatic heterocycles. The number of aryl methyl sites for hydroxylation is 1. The number of methoxy groups -OCH3 is 1. The third kappa shape index (κ3) is 3.75. The first-order valence-corrected chi connectivity index (χ1v) is 10.7. The van der Waals surface area contributed by atoms with Crippen molar-refractivity contribution in [3.63, 3.8) is 0 Å². The maximum Gasteiger partial charge on any atom is 0.253 e. The number of fused-ring (bicyclic) bond motifs is 1. The summed E-state index contributed by atoms with van der Waals surface area (Å²) in [5.74, 6) is 0.265. The van der Waals surface area contributed by atoms with Crippen LogP contribution in [0.5, 0.6) is 0 Å². The Morgan fingerprint density at radius 1 is 1.22 bits per heavy atom. The second-order valence-electron chi connectivity index (χ2n) is 8.13. The molecule has 1 fully saturated rings. The first-order chi connectivity index (χ1) is 15.6. The lowest BCUT2D eigenvalue weighted by atomic mass is 10.0. The summed E-state index contributed by atoms with van der Waals surface area (Å²) in [7, 11) is 1.66. The predicted molar refractivity (Wildman–Crippen MR) is 117 cm³/mol. The van der Waals surface area contributed by atoms with Gasteiger partial charge in [0.15, 0.2) is 5.65 Å². The molecule has 4 heterocycles. The number of ether oxygens (including phenoxy) is 1. The van der Waals surface area contributed by atoms with Crippen LogP contribution in [0.2, 0.25) is 0 Å². The van der Waals surface area contributed by atoms with Crippen molar-refractivity contribution in [2.45, 2.75) is 32.4 Å². The molecule has 1 unspecified atom stereocenters. The summed E-state index contributed by atoms with van der Waals surface area (Å²) in [6, 6.07) is 9.65. The van der Waals surface area contributed by atoms with Crippen molar-refractivity contribution in [2.24, 2.45) is 0 Å². The van der Waals surface area contributed by atoms with E-state index in [4.69, 9.17) is 9.84 Å². The van der Waals surface area contributed by atoms with Crippen LogP contribution in [0.3, 0.4) is 0 Å². The largest absolute Gasteiger partial charge is 0.380 e. The van der Waals surface area contributed by atoms with E-state index in [0.717, 1.165) is 41.1 Å². The summed E-state index contributed by atoms with van der Waals surface area (Å²) in [5, 5.41) is 8.97. The van der Waals surface area contributed by atoms with Gasteiger partial charge in [-0.15, -0.1) is 0 Å². The minimum atomic E-state index is 0.0604. The van der Waals surface area contributed by atoms with E-state index in [1.807, 2.05) is 52.9 Å². The Kier molecular flexibility index (Phi) is 5.40. The summed E-state index contributed by atoms with van der Waals surface area (Å²) in [4.78, 5) is 23.6. The Hall–Kier alpha value is -3.59. The number of rotatable bonds is 6. The molecule has 3 aromatic heterocycles. The second kappa shape index (κ2) is 8.51. The predicted octanol–water partition coefficient (Wildman–Crippen LogP) is 2.45. The first-order valence-electron chi connectivity index (χ1n) is 10.7. The molecular weight excluding hydrogens is 406 g/mol. The van der Waals surface area contributed by atoms with E-state index >= 15 is 0 Å². The summed E-state index contributed by atoms with van der Waals surface area (Å²) in [6.45, 7) is 4.48. The van der Waals surface area contributed by atoms with Crippen molar-refractivity contribution < 1.29 is 9.53 Å². The van der Waals surface area contributed by atoms with Crippen molar-refractivity contribution >= 4 is 11.6 Å². The zero-order valence-corrected chi connectivity index (χ0v) is 18.2. The fraction of sp³-hybridized carbons (Fsp3) is 0.348. The van der Waals surface area contributed by atoms with E-state index < -0.39 is 0 Å². The van der Waals surface area contributed by atoms with Gasteiger partial charge in [-0.2, -0.15) is 10.2 Å². The van der Waals surface area contributed by atoms with Gasteiger partial charge in [0.2, 0.25) is 0 Å². The van der Waals surface area contributed by atoms with Crippen molar-refractivity contribution in [1.82, 2.24) is 34.3 Å². The summed E-state index contributed by atoms with van der Waals surface area (Å²) >= 11 is 0. The van der Waals surface area contributed by atoms with Crippen LogP contribution in [0.1, 0.15) is 45.2 Å². The Morgan fingerprint density at radius 3 is 2.81 bits per heavy atom.